The highest BCUT2D eigenvalue weighted by molar-refractivity contribution is 7.89. The maximum absolute atomic E-state index is 13.5. The Balaban J connectivity index is 2.06. The van der Waals surface area contributed by atoms with Crippen LogP contribution >= 0.6 is 0 Å². The van der Waals surface area contributed by atoms with Crippen molar-refractivity contribution in [2.45, 2.75) is 24.8 Å². The van der Waals surface area contributed by atoms with Crippen LogP contribution in [0.5, 0.6) is 0 Å². The number of sulfonamides is 1. The fraction of sp³-hybridized carbons (Fsp3) is 0.143. The van der Waals surface area contributed by atoms with Crippen LogP contribution in [0, 0.1) is 19.7 Å². The van der Waals surface area contributed by atoms with Gasteiger partial charge in [0.25, 0.3) is 0 Å². The molecule has 3 aromatic rings. The Morgan fingerprint density at radius 1 is 0.846 bits per heavy atom. The third-order valence-corrected chi connectivity index (χ3v) is 5.77. The number of hydrogen-bond donors (Lipinski definition) is 1. The second kappa shape index (κ2) is 7.40. The second-order valence-electron chi connectivity index (χ2n) is 6.23. The van der Waals surface area contributed by atoms with Crippen LogP contribution in [0.1, 0.15) is 28.3 Å². The van der Waals surface area contributed by atoms with E-state index in [-0.39, 0.29) is 4.90 Å². The van der Waals surface area contributed by atoms with Gasteiger partial charge in [-0.05, 0) is 54.3 Å². The molecule has 0 amide bonds. The van der Waals surface area contributed by atoms with Crippen LogP contribution in [0.15, 0.2) is 77.7 Å². The SMILES string of the molecule is Cc1cc(S(=O)(=O)N[C@@H](c2ccccc2)c2ccccc2C)ccc1F. The zero-order valence-electron chi connectivity index (χ0n) is 14.6. The molecule has 3 aromatic carbocycles. The zero-order chi connectivity index (χ0) is 18.7. The van der Waals surface area contributed by atoms with E-state index in [1.54, 1.807) is 6.92 Å². The lowest BCUT2D eigenvalue weighted by Gasteiger charge is -2.22. The number of halogens is 1. The molecule has 0 aliphatic carbocycles. The molecule has 1 N–H and O–H groups in total. The Bertz CT molecular complexity index is 1020. The van der Waals surface area contributed by atoms with Crippen molar-refractivity contribution >= 4 is 10.0 Å². The Kier molecular flexibility index (Phi) is 5.20. The molecule has 0 aliphatic heterocycles. The van der Waals surface area contributed by atoms with Crippen molar-refractivity contribution < 1.29 is 12.8 Å². The maximum atomic E-state index is 13.5. The van der Waals surface area contributed by atoms with Gasteiger partial charge in [0.15, 0.2) is 0 Å². The summed E-state index contributed by atoms with van der Waals surface area (Å²) in [5.74, 6) is -0.428. The zero-order valence-corrected chi connectivity index (χ0v) is 15.4. The maximum Gasteiger partial charge on any atom is 0.241 e. The largest absolute Gasteiger partial charge is 0.241 e. The number of hydrogen-bond acceptors (Lipinski definition) is 2. The van der Waals surface area contributed by atoms with Crippen LogP contribution in [0.3, 0.4) is 0 Å². The summed E-state index contributed by atoms with van der Waals surface area (Å²) in [6.45, 7) is 3.49. The van der Waals surface area contributed by atoms with E-state index in [0.29, 0.717) is 5.56 Å². The molecule has 0 saturated heterocycles. The highest BCUT2D eigenvalue weighted by Gasteiger charge is 2.24. The van der Waals surface area contributed by atoms with E-state index in [9.17, 15) is 12.8 Å². The summed E-state index contributed by atoms with van der Waals surface area (Å²) in [4.78, 5) is 0.0471. The Labute approximate surface area is 153 Å². The molecule has 0 unspecified atom stereocenters. The lowest BCUT2D eigenvalue weighted by atomic mass is 9.96. The van der Waals surface area contributed by atoms with Gasteiger partial charge in [-0.1, -0.05) is 54.6 Å². The summed E-state index contributed by atoms with van der Waals surface area (Å²) in [5.41, 5.74) is 2.99. The van der Waals surface area contributed by atoms with E-state index in [4.69, 9.17) is 0 Å². The second-order valence-corrected chi connectivity index (χ2v) is 7.95. The van der Waals surface area contributed by atoms with Crippen molar-refractivity contribution in [1.29, 1.82) is 0 Å². The molecule has 3 rings (SSSR count). The topological polar surface area (TPSA) is 46.2 Å². The first-order valence-corrected chi connectivity index (χ1v) is 9.76. The summed E-state index contributed by atoms with van der Waals surface area (Å²) in [7, 11) is -3.83. The van der Waals surface area contributed by atoms with Gasteiger partial charge < -0.3 is 0 Å². The minimum atomic E-state index is -3.83. The molecule has 0 spiro atoms. The van der Waals surface area contributed by atoms with Gasteiger partial charge in [0.05, 0.1) is 10.9 Å². The number of benzene rings is 3. The molecule has 0 heterocycles. The van der Waals surface area contributed by atoms with Gasteiger partial charge in [-0.15, -0.1) is 0 Å². The van der Waals surface area contributed by atoms with Crippen LogP contribution < -0.4 is 4.72 Å². The summed E-state index contributed by atoms with van der Waals surface area (Å²) in [5, 5.41) is 0. The molecular formula is C21H20FNO2S. The molecule has 3 nitrogen and oxygen atoms in total. The Morgan fingerprint density at radius 2 is 1.50 bits per heavy atom. The van der Waals surface area contributed by atoms with Gasteiger partial charge in [-0.25, -0.2) is 12.8 Å². The number of rotatable bonds is 5. The van der Waals surface area contributed by atoms with Gasteiger partial charge in [0.2, 0.25) is 10.0 Å². The van der Waals surface area contributed by atoms with Crippen molar-refractivity contribution in [3.63, 3.8) is 0 Å². The van der Waals surface area contributed by atoms with Crippen LogP contribution in [0.4, 0.5) is 4.39 Å². The fourth-order valence-electron chi connectivity index (χ4n) is 2.87. The highest BCUT2D eigenvalue weighted by Crippen LogP contribution is 2.27. The van der Waals surface area contributed by atoms with E-state index in [0.717, 1.165) is 16.7 Å². The lowest BCUT2D eigenvalue weighted by Crippen LogP contribution is -2.30. The average Bonchev–Trinajstić information content (AvgIpc) is 2.63. The van der Waals surface area contributed by atoms with Crippen LogP contribution in [0.25, 0.3) is 0 Å². The van der Waals surface area contributed by atoms with Crippen LogP contribution in [-0.4, -0.2) is 8.42 Å². The summed E-state index contributed by atoms with van der Waals surface area (Å²) in [6, 6.07) is 20.3. The molecule has 0 bridgehead atoms. The minimum Gasteiger partial charge on any atom is -0.207 e. The van der Waals surface area contributed by atoms with Gasteiger partial charge in [-0.3, -0.25) is 0 Å². The third kappa shape index (κ3) is 3.84. The molecule has 1 atom stereocenters. The standard InChI is InChI=1S/C21H20FNO2S/c1-15-8-6-7-11-19(15)21(17-9-4-3-5-10-17)23-26(24,25)18-12-13-20(22)16(2)14-18/h3-14,21,23H,1-2H3/t21-/m0/s1. The normalized spacial score (nSPS) is 12.7. The first kappa shape index (κ1) is 18.3. The third-order valence-electron chi connectivity index (χ3n) is 4.35. The minimum absolute atomic E-state index is 0.0471. The molecule has 0 radical (unpaired) electrons. The van der Waals surface area contributed by atoms with E-state index >= 15 is 0 Å². The van der Waals surface area contributed by atoms with Crippen molar-refractivity contribution in [2.24, 2.45) is 0 Å². The average molecular weight is 369 g/mol. The Hall–Kier alpha value is -2.50. The molecule has 0 fully saturated rings. The predicted molar refractivity (Wildman–Crippen MR) is 101 cm³/mol. The molecule has 26 heavy (non-hydrogen) atoms. The lowest BCUT2D eigenvalue weighted by molar-refractivity contribution is 0.570. The van der Waals surface area contributed by atoms with E-state index in [1.807, 2.05) is 61.5 Å². The smallest absolute Gasteiger partial charge is 0.207 e. The summed E-state index contributed by atoms with van der Waals surface area (Å²) in [6.07, 6.45) is 0. The van der Waals surface area contributed by atoms with E-state index in [1.165, 1.54) is 18.2 Å². The molecule has 5 heteroatoms. The van der Waals surface area contributed by atoms with Crippen molar-refractivity contribution in [3.8, 4) is 0 Å². The van der Waals surface area contributed by atoms with Crippen molar-refractivity contribution in [2.75, 3.05) is 0 Å². The first-order chi connectivity index (χ1) is 12.4. The fourth-order valence-corrected chi connectivity index (χ4v) is 4.16. The van der Waals surface area contributed by atoms with Gasteiger partial charge in [-0.2, -0.15) is 4.72 Å². The summed E-state index contributed by atoms with van der Waals surface area (Å²) >= 11 is 0. The molecule has 0 aromatic heterocycles. The van der Waals surface area contributed by atoms with Crippen molar-refractivity contribution in [3.05, 3.63) is 101 Å². The molecule has 0 aliphatic rings. The predicted octanol–water partition coefficient (Wildman–Crippen LogP) is 4.51. The van der Waals surface area contributed by atoms with E-state index in [2.05, 4.69) is 4.72 Å². The van der Waals surface area contributed by atoms with Gasteiger partial charge in [0.1, 0.15) is 5.82 Å². The summed E-state index contributed by atoms with van der Waals surface area (Å²) < 4.78 is 42.2. The van der Waals surface area contributed by atoms with Crippen LogP contribution in [-0.2, 0) is 10.0 Å². The molecule has 0 saturated carbocycles. The van der Waals surface area contributed by atoms with Crippen LogP contribution in [0.2, 0.25) is 0 Å². The monoisotopic (exact) mass is 369 g/mol. The first-order valence-electron chi connectivity index (χ1n) is 8.27. The quantitative estimate of drug-likeness (QED) is 0.719. The van der Waals surface area contributed by atoms with E-state index < -0.39 is 21.9 Å². The van der Waals surface area contributed by atoms with Crippen molar-refractivity contribution in [1.82, 2.24) is 4.72 Å². The van der Waals surface area contributed by atoms with Gasteiger partial charge in [0, 0.05) is 0 Å². The Morgan fingerprint density at radius 3 is 2.15 bits per heavy atom. The number of nitrogens with one attached hydrogen (secondary N) is 1. The highest BCUT2D eigenvalue weighted by atomic mass is 32.2. The number of aryl methyl sites for hydroxylation is 2. The van der Waals surface area contributed by atoms with Gasteiger partial charge >= 0.3 is 0 Å². The molecular weight excluding hydrogens is 349 g/mol. The molecule has 134 valence electrons.